The van der Waals surface area contributed by atoms with Crippen molar-refractivity contribution in [1.29, 1.82) is 0 Å². The molecule has 1 aliphatic heterocycles. The molecule has 3 N–H and O–H groups in total. The van der Waals surface area contributed by atoms with Crippen LogP contribution < -0.4 is 16.0 Å². The summed E-state index contributed by atoms with van der Waals surface area (Å²) in [7, 11) is 0. The Hall–Kier alpha value is -3.21. The quantitative estimate of drug-likeness (QED) is 0.237. The van der Waals surface area contributed by atoms with Gasteiger partial charge in [0.25, 0.3) is 11.8 Å². The zero-order valence-electron chi connectivity index (χ0n) is 17.7. The molecule has 0 aliphatic carbocycles. The number of ether oxygens (including phenoxy) is 1. The number of rotatable bonds is 8. The average Bonchev–Trinajstić information content (AvgIpc) is 2.80. The van der Waals surface area contributed by atoms with Crippen LogP contribution in [0, 0.1) is 0 Å². The number of amides is 3. The van der Waals surface area contributed by atoms with Crippen molar-refractivity contribution in [3.8, 4) is 0 Å². The predicted molar refractivity (Wildman–Crippen MR) is 134 cm³/mol. The van der Waals surface area contributed by atoms with Crippen LogP contribution in [-0.2, 0) is 25.7 Å². The van der Waals surface area contributed by atoms with Crippen molar-refractivity contribution in [3.05, 3.63) is 76.8 Å². The summed E-state index contributed by atoms with van der Waals surface area (Å²) >= 11 is 11.8. The molecule has 1 heterocycles. The Morgan fingerprint density at radius 2 is 1.82 bits per heavy atom. The van der Waals surface area contributed by atoms with Gasteiger partial charge < -0.3 is 10.5 Å². The molecule has 2 aromatic carbocycles. The van der Waals surface area contributed by atoms with E-state index >= 15 is 0 Å². The summed E-state index contributed by atoms with van der Waals surface area (Å²) in [5, 5.41) is 1.51. The molecule has 1 aliphatic rings. The maximum atomic E-state index is 13.2. The van der Waals surface area contributed by atoms with Crippen LogP contribution >= 0.6 is 35.6 Å². The molecule has 1 unspecified atom stereocenters. The van der Waals surface area contributed by atoms with Crippen LogP contribution in [0.5, 0.6) is 0 Å². The minimum Gasteiger partial charge on any atom is -0.453 e. The molecule has 1 fully saturated rings. The molecule has 8 nitrogen and oxygen atoms in total. The molecule has 0 saturated carbocycles. The molecule has 2 aromatic rings. The van der Waals surface area contributed by atoms with Gasteiger partial charge in [0.1, 0.15) is 12.2 Å². The molecule has 0 aromatic heterocycles. The molecule has 1 saturated heterocycles. The number of thiocarbonyl (C=S) groups is 1. The summed E-state index contributed by atoms with van der Waals surface area (Å²) in [6.45, 7) is 0.0593. The SMILES string of the molecule is NC(=O)CCC(/C=C1\C(=O)NC(=S)N(c2ccc(Cl)cc2)C1=O)SC(=O)OCc1ccccc1. The summed E-state index contributed by atoms with van der Waals surface area (Å²) in [5.41, 5.74) is 6.25. The summed E-state index contributed by atoms with van der Waals surface area (Å²) in [5.74, 6) is -1.95. The van der Waals surface area contributed by atoms with Gasteiger partial charge in [0.05, 0.1) is 5.69 Å². The number of carbonyl (C=O) groups excluding carboxylic acids is 4. The van der Waals surface area contributed by atoms with Crippen molar-refractivity contribution < 1.29 is 23.9 Å². The van der Waals surface area contributed by atoms with Gasteiger partial charge in [-0.2, -0.15) is 0 Å². The van der Waals surface area contributed by atoms with Crippen molar-refractivity contribution >= 4 is 69.4 Å². The van der Waals surface area contributed by atoms with E-state index in [2.05, 4.69) is 5.32 Å². The Balaban J connectivity index is 1.79. The molecule has 176 valence electrons. The van der Waals surface area contributed by atoms with Gasteiger partial charge in [0.2, 0.25) is 5.91 Å². The predicted octanol–water partition coefficient (Wildman–Crippen LogP) is 3.72. The molecule has 11 heteroatoms. The summed E-state index contributed by atoms with van der Waals surface area (Å²) in [4.78, 5) is 50.6. The largest absolute Gasteiger partial charge is 0.453 e. The van der Waals surface area contributed by atoms with Crippen molar-refractivity contribution in [2.24, 2.45) is 5.73 Å². The molecular weight excluding hydrogens is 498 g/mol. The average molecular weight is 518 g/mol. The van der Waals surface area contributed by atoms with E-state index in [0.717, 1.165) is 22.2 Å². The third-order valence-electron chi connectivity index (χ3n) is 4.66. The zero-order valence-corrected chi connectivity index (χ0v) is 20.1. The number of nitrogens with two attached hydrogens (primary N) is 1. The lowest BCUT2D eigenvalue weighted by atomic mass is 10.1. The maximum absolute atomic E-state index is 13.2. The lowest BCUT2D eigenvalue weighted by molar-refractivity contribution is -0.122. The molecular formula is C23H20ClN3O5S2. The number of hydrogen-bond acceptors (Lipinski definition) is 7. The van der Waals surface area contributed by atoms with Crippen LogP contribution in [0.3, 0.4) is 0 Å². The minimum absolute atomic E-state index is 0.0530. The van der Waals surface area contributed by atoms with Crippen LogP contribution in [0.25, 0.3) is 0 Å². The van der Waals surface area contributed by atoms with Gasteiger partial charge in [-0.3, -0.25) is 24.6 Å². The fraction of sp³-hybridized carbons (Fsp3) is 0.174. The van der Waals surface area contributed by atoms with Gasteiger partial charge in [-0.1, -0.05) is 48.0 Å². The van der Waals surface area contributed by atoms with Gasteiger partial charge >= 0.3 is 5.30 Å². The standard InChI is InChI=1S/C23H20ClN3O5S2/c24-15-6-8-16(9-7-15)27-21(30)18(20(29)26-22(27)33)12-17(10-11-19(25)28)34-23(31)32-13-14-4-2-1-3-5-14/h1-9,12,17H,10-11,13H2,(H2,25,28)(H,26,29,33)/b18-12+. The topological polar surface area (TPSA) is 119 Å². The van der Waals surface area contributed by atoms with Gasteiger partial charge in [-0.25, -0.2) is 4.79 Å². The van der Waals surface area contributed by atoms with Crippen molar-refractivity contribution in [1.82, 2.24) is 5.32 Å². The highest BCUT2D eigenvalue weighted by Crippen LogP contribution is 2.26. The lowest BCUT2D eigenvalue weighted by Gasteiger charge is -2.29. The molecule has 0 radical (unpaired) electrons. The van der Waals surface area contributed by atoms with Crippen LogP contribution in [0.4, 0.5) is 10.5 Å². The first-order valence-corrected chi connectivity index (χ1v) is 11.7. The Labute approximate surface area is 210 Å². The van der Waals surface area contributed by atoms with Crippen LogP contribution in [0.2, 0.25) is 5.02 Å². The molecule has 1 atom stereocenters. The Kier molecular flexibility index (Phi) is 8.80. The molecule has 3 amide bonds. The first-order valence-electron chi connectivity index (χ1n) is 10.1. The van der Waals surface area contributed by atoms with Gasteiger partial charge in [0, 0.05) is 16.7 Å². The van der Waals surface area contributed by atoms with Crippen LogP contribution in [0.15, 0.2) is 66.2 Å². The minimum atomic E-state index is -0.723. The third-order valence-corrected chi connectivity index (χ3v) is 6.18. The Bertz CT molecular complexity index is 1140. The Morgan fingerprint density at radius 1 is 1.15 bits per heavy atom. The lowest BCUT2D eigenvalue weighted by Crippen LogP contribution is -2.54. The number of halogens is 1. The highest BCUT2D eigenvalue weighted by atomic mass is 35.5. The molecule has 3 rings (SSSR count). The number of primary amides is 1. The maximum Gasteiger partial charge on any atom is 0.368 e. The first kappa shape index (κ1) is 25.4. The molecule has 0 spiro atoms. The number of nitrogens with one attached hydrogen (secondary N) is 1. The number of benzene rings is 2. The summed E-state index contributed by atoms with van der Waals surface area (Å²) in [6, 6.07) is 15.4. The van der Waals surface area contributed by atoms with E-state index in [1.165, 1.54) is 6.08 Å². The van der Waals surface area contributed by atoms with E-state index in [1.54, 1.807) is 24.3 Å². The molecule has 34 heavy (non-hydrogen) atoms. The fourth-order valence-electron chi connectivity index (χ4n) is 3.02. The monoisotopic (exact) mass is 517 g/mol. The van der Waals surface area contributed by atoms with Crippen molar-refractivity contribution in [3.63, 3.8) is 0 Å². The summed E-state index contributed by atoms with van der Waals surface area (Å²) in [6.07, 6.45) is 1.40. The fourth-order valence-corrected chi connectivity index (χ4v) is 4.24. The van der Waals surface area contributed by atoms with Crippen molar-refractivity contribution in [2.45, 2.75) is 24.7 Å². The van der Waals surface area contributed by atoms with E-state index in [4.69, 9.17) is 34.3 Å². The molecule has 0 bridgehead atoms. The normalized spacial score (nSPS) is 15.7. The van der Waals surface area contributed by atoms with Gasteiger partial charge in [-0.05, 0) is 60.2 Å². The van der Waals surface area contributed by atoms with Gasteiger partial charge in [0.15, 0.2) is 5.11 Å². The Morgan fingerprint density at radius 3 is 2.47 bits per heavy atom. The van der Waals surface area contributed by atoms with Gasteiger partial charge in [-0.15, -0.1) is 0 Å². The van der Waals surface area contributed by atoms with E-state index < -0.39 is 28.3 Å². The number of thioether (sulfide) groups is 1. The number of anilines is 1. The van der Waals surface area contributed by atoms with E-state index in [1.807, 2.05) is 30.3 Å². The number of nitrogens with zero attached hydrogens (tertiary/aromatic N) is 1. The van der Waals surface area contributed by atoms with E-state index in [0.29, 0.717) is 10.7 Å². The second-order valence-electron chi connectivity index (χ2n) is 7.14. The highest BCUT2D eigenvalue weighted by Gasteiger charge is 2.35. The van der Waals surface area contributed by atoms with Crippen LogP contribution in [0.1, 0.15) is 18.4 Å². The van der Waals surface area contributed by atoms with Crippen LogP contribution in [-0.4, -0.2) is 33.4 Å². The number of hydrogen-bond donors (Lipinski definition) is 2. The highest BCUT2D eigenvalue weighted by molar-refractivity contribution is 8.13. The zero-order chi connectivity index (χ0) is 24.7. The van der Waals surface area contributed by atoms with E-state index in [9.17, 15) is 19.2 Å². The van der Waals surface area contributed by atoms with E-state index in [-0.39, 0.29) is 30.1 Å². The second kappa shape index (κ2) is 11.8. The second-order valence-corrected chi connectivity index (χ2v) is 9.14. The third kappa shape index (κ3) is 6.89. The number of carbonyl (C=O) groups is 4. The summed E-state index contributed by atoms with van der Waals surface area (Å²) < 4.78 is 5.28. The first-order chi connectivity index (χ1) is 16.2. The van der Waals surface area contributed by atoms with Crippen molar-refractivity contribution in [2.75, 3.05) is 4.90 Å². The smallest absolute Gasteiger partial charge is 0.368 e.